The lowest BCUT2D eigenvalue weighted by molar-refractivity contribution is 0.00738. The van der Waals surface area contributed by atoms with Gasteiger partial charge in [0.05, 0.1) is 17.5 Å². The molecule has 3 heterocycles. The Kier molecular flexibility index (Phi) is 4.18. The lowest BCUT2D eigenvalue weighted by Gasteiger charge is -2.31. The van der Waals surface area contributed by atoms with Gasteiger partial charge in [0.15, 0.2) is 0 Å². The van der Waals surface area contributed by atoms with Crippen molar-refractivity contribution in [1.82, 2.24) is 9.21 Å². The minimum Gasteiger partial charge on any atom is -0.370 e. The van der Waals surface area contributed by atoms with Crippen LogP contribution in [-0.2, 0) is 20.5 Å². The summed E-state index contributed by atoms with van der Waals surface area (Å²) < 4.78 is 46.7. The van der Waals surface area contributed by atoms with E-state index in [0.717, 1.165) is 19.4 Å². The van der Waals surface area contributed by atoms with Crippen LogP contribution in [0.15, 0.2) is 24.3 Å². The lowest BCUT2D eigenvalue weighted by atomic mass is 9.73. The zero-order chi connectivity index (χ0) is 17.8. The number of nitrogens with zero attached hydrogens (tertiary/aromatic N) is 2. The van der Waals surface area contributed by atoms with E-state index in [2.05, 4.69) is 19.0 Å². The van der Waals surface area contributed by atoms with Crippen molar-refractivity contribution in [3.05, 3.63) is 35.6 Å². The molecule has 25 heavy (non-hydrogen) atoms. The molecule has 0 aromatic heterocycles. The fourth-order valence-corrected chi connectivity index (χ4v) is 6.51. The third kappa shape index (κ3) is 3.01. The van der Waals surface area contributed by atoms with Gasteiger partial charge in [-0.3, -0.25) is 0 Å². The van der Waals surface area contributed by atoms with Gasteiger partial charge < -0.3 is 9.64 Å². The Morgan fingerprint density at radius 2 is 2.04 bits per heavy atom. The van der Waals surface area contributed by atoms with Gasteiger partial charge in [0.2, 0.25) is 10.0 Å². The molecule has 1 aromatic carbocycles. The van der Waals surface area contributed by atoms with Crippen molar-refractivity contribution in [2.24, 2.45) is 11.8 Å². The third-order valence-electron chi connectivity index (χ3n) is 5.98. The second-order valence-corrected chi connectivity index (χ2v) is 9.94. The Hall–Kier alpha value is -1.02. The normalized spacial score (nSPS) is 34.8. The summed E-state index contributed by atoms with van der Waals surface area (Å²) in [6, 6.07) is 5.69. The van der Waals surface area contributed by atoms with Crippen molar-refractivity contribution in [3.8, 4) is 0 Å². The van der Waals surface area contributed by atoms with Gasteiger partial charge >= 0.3 is 0 Å². The molecule has 4 atom stereocenters. The molecule has 5 nitrogen and oxygen atoms in total. The van der Waals surface area contributed by atoms with Crippen LogP contribution in [0.2, 0.25) is 0 Å². The van der Waals surface area contributed by atoms with Crippen molar-refractivity contribution < 1.29 is 17.5 Å². The molecule has 0 unspecified atom stereocenters. The van der Waals surface area contributed by atoms with Crippen LogP contribution in [-0.4, -0.2) is 63.1 Å². The highest BCUT2D eigenvalue weighted by Crippen LogP contribution is 2.55. The molecule has 1 spiro atoms. The minimum absolute atomic E-state index is 0.0855. The van der Waals surface area contributed by atoms with Crippen molar-refractivity contribution in [3.63, 3.8) is 0 Å². The number of halogens is 1. The number of hydrogen-bond donors (Lipinski definition) is 0. The molecule has 3 aliphatic heterocycles. The van der Waals surface area contributed by atoms with E-state index in [-0.39, 0.29) is 29.2 Å². The first-order valence-corrected chi connectivity index (χ1v) is 10.4. The van der Waals surface area contributed by atoms with Crippen LogP contribution in [0.3, 0.4) is 0 Å². The van der Waals surface area contributed by atoms with Crippen molar-refractivity contribution in [1.29, 1.82) is 0 Å². The van der Waals surface area contributed by atoms with Gasteiger partial charge in [0, 0.05) is 31.5 Å². The molecule has 7 heteroatoms. The monoisotopic (exact) mass is 368 g/mol. The van der Waals surface area contributed by atoms with E-state index in [1.807, 2.05) is 0 Å². The average Bonchev–Trinajstić information content (AvgIpc) is 3.19. The number of ether oxygens (including phenoxy) is 1. The number of sulfonamides is 1. The van der Waals surface area contributed by atoms with Crippen LogP contribution in [0.25, 0.3) is 0 Å². The smallest absolute Gasteiger partial charge is 0.218 e. The summed E-state index contributed by atoms with van der Waals surface area (Å²) in [5.74, 6) is 0.233. The SMILES string of the molecule is CN(C)C[C@H]1[C@H]2CN(S(=O)(=O)Cc3ccc(F)cc3)C[C@]23CC[C@H]1O3. The molecule has 2 bridgehead atoms. The molecule has 3 saturated heterocycles. The maximum atomic E-state index is 13.0. The highest BCUT2D eigenvalue weighted by Gasteiger charge is 2.64. The lowest BCUT2D eigenvalue weighted by Crippen LogP contribution is -2.40. The summed E-state index contributed by atoms with van der Waals surface area (Å²) in [5, 5.41) is 0. The van der Waals surface area contributed by atoms with Crippen LogP contribution in [0.5, 0.6) is 0 Å². The Bertz CT molecular complexity index is 752. The highest BCUT2D eigenvalue weighted by atomic mass is 32.2. The first-order valence-electron chi connectivity index (χ1n) is 8.84. The van der Waals surface area contributed by atoms with E-state index < -0.39 is 10.0 Å². The zero-order valence-electron chi connectivity index (χ0n) is 14.7. The van der Waals surface area contributed by atoms with Gasteiger partial charge in [-0.1, -0.05) is 12.1 Å². The fraction of sp³-hybridized carbons (Fsp3) is 0.667. The minimum atomic E-state index is -3.43. The molecule has 0 saturated carbocycles. The maximum absolute atomic E-state index is 13.0. The van der Waals surface area contributed by atoms with E-state index in [0.29, 0.717) is 24.6 Å². The Morgan fingerprint density at radius 1 is 1.32 bits per heavy atom. The molecule has 0 amide bonds. The molecule has 0 aliphatic carbocycles. The van der Waals surface area contributed by atoms with E-state index >= 15 is 0 Å². The molecule has 1 aromatic rings. The highest BCUT2D eigenvalue weighted by molar-refractivity contribution is 7.88. The number of fused-ring (bicyclic) bond motifs is 1. The van der Waals surface area contributed by atoms with Crippen molar-refractivity contribution in [2.45, 2.75) is 30.3 Å². The van der Waals surface area contributed by atoms with Gasteiger partial charge in [-0.05, 0) is 44.6 Å². The van der Waals surface area contributed by atoms with Crippen molar-refractivity contribution in [2.75, 3.05) is 33.7 Å². The van der Waals surface area contributed by atoms with Crippen LogP contribution in [0, 0.1) is 17.7 Å². The van der Waals surface area contributed by atoms with E-state index in [9.17, 15) is 12.8 Å². The summed E-state index contributed by atoms with van der Waals surface area (Å²) in [4.78, 5) is 2.16. The molecule has 138 valence electrons. The van der Waals surface area contributed by atoms with Crippen LogP contribution in [0.1, 0.15) is 18.4 Å². The molecule has 3 aliphatic rings. The van der Waals surface area contributed by atoms with Gasteiger partial charge in [-0.25, -0.2) is 12.8 Å². The summed E-state index contributed by atoms with van der Waals surface area (Å²) in [6.07, 6.45) is 2.25. The Morgan fingerprint density at radius 3 is 2.72 bits per heavy atom. The summed E-state index contributed by atoms with van der Waals surface area (Å²) in [6.45, 7) is 1.93. The predicted molar refractivity (Wildman–Crippen MR) is 93.0 cm³/mol. The fourth-order valence-electron chi connectivity index (χ4n) is 4.91. The number of rotatable bonds is 5. The molecule has 4 rings (SSSR count). The number of benzene rings is 1. The molecule has 3 fully saturated rings. The Labute approximate surface area is 148 Å². The Balaban J connectivity index is 1.52. The topological polar surface area (TPSA) is 49.9 Å². The van der Waals surface area contributed by atoms with Crippen LogP contribution in [0.4, 0.5) is 4.39 Å². The van der Waals surface area contributed by atoms with E-state index in [4.69, 9.17) is 4.74 Å². The maximum Gasteiger partial charge on any atom is 0.218 e. The standard InChI is InChI=1S/C18H25FN2O3S/c1-20(2)9-15-16-10-21(12-18(16)8-7-17(15)24-18)25(22,23)11-13-3-5-14(19)6-4-13/h3-6,15-17H,7-12H2,1-2H3/t15-,16+,17+,18+/m0/s1. The molecular weight excluding hydrogens is 343 g/mol. The van der Waals surface area contributed by atoms with Crippen LogP contribution >= 0.6 is 0 Å². The second kappa shape index (κ2) is 6.01. The van der Waals surface area contributed by atoms with Gasteiger partial charge in [-0.15, -0.1) is 0 Å². The zero-order valence-corrected chi connectivity index (χ0v) is 15.5. The van der Waals surface area contributed by atoms with E-state index in [1.165, 1.54) is 12.1 Å². The molecule has 0 N–H and O–H groups in total. The first kappa shape index (κ1) is 17.4. The quantitative estimate of drug-likeness (QED) is 0.794. The van der Waals surface area contributed by atoms with Crippen molar-refractivity contribution >= 4 is 10.0 Å². The first-order chi connectivity index (χ1) is 11.8. The third-order valence-corrected chi connectivity index (χ3v) is 7.75. The van der Waals surface area contributed by atoms with Gasteiger partial charge in [0.1, 0.15) is 5.82 Å². The summed E-state index contributed by atoms with van der Waals surface area (Å²) in [5.41, 5.74) is 0.326. The largest absolute Gasteiger partial charge is 0.370 e. The number of hydrogen-bond acceptors (Lipinski definition) is 4. The molecule has 0 radical (unpaired) electrons. The van der Waals surface area contributed by atoms with Crippen LogP contribution < -0.4 is 0 Å². The predicted octanol–water partition coefficient (Wildman–Crippen LogP) is 1.70. The summed E-state index contributed by atoms with van der Waals surface area (Å²) >= 11 is 0. The summed E-state index contributed by atoms with van der Waals surface area (Å²) in [7, 11) is 0.672. The average molecular weight is 368 g/mol. The molecular formula is C18H25FN2O3S. The van der Waals surface area contributed by atoms with Gasteiger partial charge in [0.25, 0.3) is 0 Å². The van der Waals surface area contributed by atoms with E-state index in [1.54, 1.807) is 16.4 Å². The second-order valence-electron chi connectivity index (χ2n) is 7.97. The van der Waals surface area contributed by atoms with Gasteiger partial charge in [-0.2, -0.15) is 4.31 Å².